The van der Waals surface area contributed by atoms with Crippen molar-refractivity contribution in [3.05, 3.63) is 245 Å². The van der Waals surface area contributed by atoms with Crippen LogP contribution in [0.25, 0.3) is 76.9 Å². The van der Waals surface area contributed by atoms with E-state index in [-0.39, 0.29) is 10.8 Å². The molecular formula is C68H57N3. The van der Waals surface area contributed by atoms with Gasteiger partial charge in [-0.1, -0.05) is 155 Å². The highest BCUT2D eigenvalue weighted by atomic mass is 15.1. The molecule has 0 unspecified atom stereocenters. The third-order valence-electron chi connectivity index (χ3n) is 15.8. The molecule has 0 fully saturated rings. The molecule has 0 saturated carbocycles. The van der Waals surface area contributed by atoms with Crippen LogP contribution in [-0.4, -0.2) is 9.13 Å². The first-order valence-electron chi connectivity index (χ1n) is 25.2. The van der Waals surface area contributed by atoms with E-state index in [4.69, 9.17) is 0 Å². The Morgan fingerprint density at radius 3 is 1.31 bits per heavy atom. The van der Waals surface area contributed by atoms with Crippen LogP contribution in [0.4, 0.5) is 17.1 Å². The van der Waals surface area contributed by atoms with Crippen LogP contribution in [-0.2, 0) is 10.8 Å². The molecule has 0 N–H and O–H groups in total. The minimum atomic E-state index is -0.0620. The third kappa shape index (κ3) is 6.56. The fourth-order valence-corrected chi connectivity index (χ4v) is 12.6. The number of rotatable bonds is 4. The van der Waals surface area contributed by atoms with E-state index in [0.717, 1.165) is 0 Å². The lowest BCUT2D eigenvalue weighted by Gasteiger charge is -2.34. The monoisotopic (exact) mass is 915 g/mol. The Bertz CT molecular complexity index is 4080. The zero-order chi connectivity index (χ0) is 48.5. The quantitative estimate of drug-likeness (QED) is 0.171. The highest BCUT2D eigenvalue weighted by Crippen LogP contribution is 2.50. The molecule has 10 aromatic carbocycles. The number of aromatic nitrogens is 2. The summed E-state index contributed by atoms with van der Waals surface area (Å²) in [5, 5.41) is 7.82. The second kappa shape index (κ2) is 15.7. The number of hydrogen-bond acceptors (Lipinski definition) is 1. The lowest BCUT2D eigenvalue weighted by Crippen LogP contribution is -2.26. The van der Waals surface area contributed by atoms with Crippen LogP contribution in [0.1, 0.15) is 72.2 Å². The number of para-hydroxylation sites is 4. The maximum Gasteiger partial charge on any atom is 0.0582 e. The van der Waals surface area contributed by atoms with Crippen molar-refractivity contribution in [2.45, 2.75) is 66.2 Å². The fourth-order valence-electron chi connectivity index (χ4n) is 12.6. The minimum Gasteiger partial charge on any atom is -0.310 e. The summed E-state index contributed by atoms with van der Waals surface area (Å²) in [6.07, 6.45) is 0. The van der Waals surface area contributed by atoms with Gasteiger partial charge in [0.05, 0.1) is 33.4 Å². The average Bonchev–Trinajstić information content (AvgIpc) is 3.88. The summed E-state index contributed by atoms with van der Waals surface area (Å²) < 4.78 is 4.97. The molecule has 0 atom stereocenters. The Morgan fingerprint density at radius 1 is 0.324 bits per heavy atom. The van der Waals surface area contributed by atoms with Crippen molar-refractivity contribution in [2.24, 2.45) is 0 Å². The van der Waals surface area contributed by atoms with Gasteiger partial charge in [-0.25, -0.2) is 0 Å². The SMILES string of the molecule is CC1(C)c2ccccc2-n2c3ccc(-c4ccc5ccccc5c4)cc3c3cccc1c32.Cc1cc(C)cc(N(c2cc(C)cc(C)c2)c2ccc3c(c2)c2cccc4c2n3-c2ccccc2C4(C)C)c1. The maximum atomic E-state index is 2.49. The van der Waals surface area contributed by atoms with Gasteiger partial charge < -0.3 is 14.0 Å². The molecule has 344 valence electrons. The molecule has 0 spiro atoms. The van der Waals surface area contributed by atoms with Crippen molar-refractivity contribution < 1.29 is 0 Å². The molecule has 12 aromatic rings. The smallest absolute Gasteiger partial charge is 0.0582 e. The molecule has 14 rings (SSSR count). The second-order valence-corrected chi connectivity index (χ2v) is 21.4. The fraction of sp³-hybridized carbons (Fsp3) is 0.147. The summed E-state index contributed by atoms with van der Waals surface area (Å²) in [6, 6.07) is 74.4. The zero-order valence-corrected chi connectivity index (χ0v) is 41.9. The molecule has 4 heterocycles. The van der Waals surface area contributed by atoms with Crippen molar-refractivity contribution in [1.82, 2.24) is 9.13 Å². The first-order valence-corrected chi connectivity index (χ1v) is 25.2. The lowest BCUT2D eigenvalue weighted by atomic mass is 9.75. The van der Waals surface area contributed by atoms with Gasteiger partial charge in [0.15, 0.2) is 0 Å². The second-order valence-electron chi connectivity index (χ2n) is 21.4. The van der Waals surface area contributed by atoms with E-state index in [9.17, 15) is 0 Å². The van der Waals surface area contributed by atoms with Crippen LogP contribution in [0.2, 0.25) is 0 Å². The van der Waals surface area contributed by atoms with Gasteiger partial charge in [-0.3, -0.25) is 0 Å². The van der Waals surface area contributed by atoms with Gasteiger partial charge in [0, 0.05) is 49.4 Å². The lowest BCUT2D eigenvalue weighted by molar-refractivity contribution is 0.630. The van der Waals surface area contributed by atoms with Crippen molar-refractivity contribution in [3.8, 4) is 22.5 Å². The van der Waals surface area contributed by atoms with Crippen LogP contribution in [0.3, 0.4) is 0 Å². The van der Waals surface area contributed by atoms with Gasteiger partial charge >= 0.3 is 0 Å². The Balaban J connectivity index is 0.000000141. The van der Waals surface area contributed by atoms with Crippen molar-refractivity contribution in [3.63, 3.8) is 0 Å². The zero-order valence-electron chi connectivity index (χ0n) is 41.9. The van der Waals surface area contributed by atoms with E-state index in [2.05, 4.69) is 270 Å². The molecule has 0 aliphatic carbocycles. The number of anilines is 3. The number of benzene rings is 10. The van der Waals surface area contributed by atoms with Crippen LogP contribution in [0.15, 0.2) is 200 Å². The van der Waals surface area contributed by atoms with Gasteiger partial charge in [-0.05, 0) is 167 Å². The predicted molar refractivity (Wildman–Crippen MR) is 302 cm³/mol. The summed E-state index contributed by atoms with van der Waals surface area (Å²) in [4.78, 5) is 2.42. The third-order valence-corrected chi connectivity index (χ3v) is 15.8. The molecule has 0 saturated heterocycles. The topological polar surface area (TPSA) is 13.1 Å². The number of hydrogen-bond donors (Lipinski definition) is 0. The van der Waals surface area contributed by atoms with Crippen molar-refractivity contribution in [2.75, 3.05) is 4.90 Å². The van der Waals surface area contributed by atoms with Crippen molar-refractivity contribution >= 4 is 71.4 Å². The van der Waals surface area contributed by atoms with E-state index < -0.39 is 0 Å². The number of aryl methyl sites for hydroxylation is 4. The van der Waals surface area contributed by atoms with Crippen LogP contribution >= 0.6 is 0 Å². The Kier molecular flexibility index (Phi) is 9.48. The first-order chi connectivity index (χ1) is 34.3. The van der Waals surface area contributed by atoms with E-state index >= 15 is 0 Å². The largest absolute Gasteiger partial charge is 0.310 e. The molecule has 2 aromatic heterocycles. The molecular weight excluding hydrogens is 859 g/mol. The van der Waals surface area contributed by atoms with Gasteiger partial charge in [0.25, 0.3) is 0 Å². The summed E-state index contributed by atoms with van der Waals surface area (Å²) in [6.45, 7) is 18.1. The highest BCUT2D eigenvalue weighted by Gasteiger charge is 2.36. The van der Waals surface area contributed by atoms with Gasteiger partial charge in [0.2, 0.25) is 0 Å². The Labute approximate surface area is 416 Å². The van der Waals surface area contributed by atoms with Crippen LogP contribution in [0.5, 0.6) is 0 Å². The summed E-state index contributed by atoms with van der Waals surface area (Å²) in [5.74, 6) is 0. The van der Waals surface area contributed by atoms with Crippen LogP contribution < -0.4 is 4.90 Å². The normalized spacial score (nSPS) is 13.9. The molecule has 0 bridgehead atoms. The molecule has 3 heteroatoms. The molecule has 2 aliphatic heterocycles. The first kappa shape index (κ1) is 42.9. The maximum absolute atomic E-state index is 2.49. The van der Waals surface area contributed by atoms with E-state index in [1.807, 2.05) is 0 Å². The van der Waals surface area contributed by atoms with E-state index in [1.165, 1.54) is 138 Å². The van der Waals surface area contributed by atoms with E-state index in [0.29, 0.717) is 0 Å². The van der Waals surface area contributed by atoms with Gasteiger partial charge in [0.1, 0.15) is 0 Å². The molecule has 3 nitrogen and oxygen atoms in total. The number of fused-ring (bicyclic) bond motifs is 11. The predicted octanol–water partition coefficient (Wildman–Crippen LogP) is 18.4. The summed E-state index contributed by atoms with van der Waals surface area (Å²) in [5.41, 5.74) is 24.4. The van der Waals surface area contributed by atoms with Gasteiger partial charge in [-0.15, -0.1) is 0 Å². The molecule has 0 radical (unpaired) electrons. The molecule has 2 aliphatic rings. The minimum absolute atomic E-state index is 0.0261. The summed E-state index contributed by atoms with van der Waals surface area (Å²) >= 11 is 0. The Hall–Kier alpha value is -8.14. The van der Waals surface area contributed by atoms with Gasteiger partial charge in [-0.2, -0.15) is 0 Å². The summed E-state index contributed by atoms with van der Waals surface area (Å²) in [7, 11) is 0. The molecule has 71 heavy (non-hydrogen) atoms. The van der Waals surface area contributed by atoms with Crippen molar-refractivity contribution in [1.29, 1.82) is 0 Å². The number of nitrogens with zero attached hydrogens (tertiary/aromatic N) is 3. The highest BCUT2D eigenvalue weighted by molar-refractivity contribution is 6.14. The molecule has 0 amide bonds. The Morgan fingerprint density at radius 2 is 0.761 bits per heavy atom. The van der Waals surface area contributed by atoms with E-state index in [1.54, 1.807) is 0 Å². The van der Waals surface area contributed by atoms with Crippen LogP contribution in [0, 0.1) is 27.7 Å². The average molecular weight is 916 g/mol. The standard InChI is InChI=1S/C37H34N2.C31H23N/c1-23-16-24(2)19-28(18-23)38(29-20-25(3)17-26(4)21-29)27-14-15-34-31(22-27)30-10-9-12-33-36(30)39(34)35-13-8-7-11-32(35)37(33,5)6;1-31(2)26-11-5-6-13-29(26)32-28-17-16-23(19-25(28)24-10-7-12-27(31)30(24)32)22-15-14-20-8-3-4-9-21(20)18-22/h7-22H,1-6H3;3-19H,1-2H3.